The number of hydrazine groups is 1. The number of aromatic nitrogens is 2. The van der Waals surface area contributed by atoms with Gasteiger partial charge in [0.2, 0.25) is 0 Å². The van der Waals surface area contributed by atoms with Crippen molar-refractivity contribution in [2.75, 3.05) is 40.0 Å². The molecule has 2 amide bonds. The Bertz CT molecular complexity index is 2540. The molecule has 0 fully saturated rings. The minimum Gasteiger partial charge on any atom is -0.493 e. The minimum atomic E-state index is -1.28. The van der Waals surface area contributed by atoms with Crippen LogP contribution in [0, 0.1) is 11.6 Å². The van der Waals surface area contributed by atoms with Gasteiger partial charge < -0.3 is 34.2 Å². The van der Waals surface area contributed by atoms with E-state index in [1.54, 1.807) is 36.4 Å². The summed E-state index contributed by atoms with van der Waals surface area (Å²) >= 11 is 0. The van der Waals surface area contributed by atoms with Gasteiger partial charge in [-0.25, -0.2) is 13.8 Å². The maximum atomic E-state index is 16.2. The van der Waals surface area contributed by atoms with Gasteiger partial charge in [0.25, 0.3) is 0 Å². The molecule has 5 aromatic carbocycles. The molecule has 7 aromatic rings. The second kappa shape index (κ2) is 17.2. The molecule has 13 nitrogen and oxygen atoms in total. The second-order valence-corrected chi connectivity index (χ2v) is 12.8. The molecule has 0 aliphatic heterocycles. The molecule has 0 atom stereocenters. The average molecular weight is 802 g/mol. The van der Waals surface area contributed by atoms with Gasteiger partial charge in [-0.1, -0.05) is 30.3 Å². The topological polar surface area (TPSA) is 148 Å². The summed E-state index contributed by atoms with van der Waals surface area (Å²) in [6.07, 6.45) is 3.27. The zero-order chi connectivity index (χ0) is 41.6. The number of fused-ring (bicyclic) bond motifs is 2. The first-order chi connectivity index (χ1) is 28.6. The Morgan fingerprint density at radius 1 is 0.576 bits per heavy atom. The van der Waals surface area contributed by atoms with Crippen molar-refractivity contribution in [2.24, 2.45) is 5.73 Å². The molecule has 300 valence electrons. The third kappa shape index (κ3) is 8.25. The molecular formula is C44H37F2N5O8. The molecule has 2 aromatic heterocycles. The number of hydrogen-bond donors (Lipinski definition) is 1. The van der Waals surface area contributed by atoms with Crippen LogP contribution in [0.2, 0.25) is 0 Å². The summed E-state index contributed by atoms with van der Waals surface area (Å²) in [5, 5.41) is 3.29. The molecule has 2 heterocycles. The number of rotatable bonds is 14. The van der Waals surface area contributed by atoms with Crippen molar-refractivity contribution in [1.82, 2.24) is 15.0 Å². The summed E-state index contributed by atoms with van der Waals surface area (Å²) < 4.78 is 66.3. The van der Waals surface area contributed by atoms with Gasteiger partial charge in [-0.2, -0.15) is 0 Å². The van der Waals surface area contributed by atoms with Crippen molar-refractivity contribution in [3.05, 3.63) is 133 Å². The van der Waals surface area contributed by atoms with Gasteiger partial charge in [-0.05, 0) is 60.5 Å². The normalized spacial score (nSPS) is 10.9. The highest BCUT2D eigenvalue weighted by molar-refractivity contribution is 6.34. The Hall–Kier alpha value is -7.68. The van der Waals surface area contributed by atoms with Crippen LogP contribution in [0.4, 0.5) is 20.2 Å². The SMILES string of the molecule is COc1cc2nccc(Oc3ccc(N(c4ccc(Oc5ccnc6cc(OC)c(OC)cc56)c(F)c4)N(CCc4ccccc4)C(=O)C(N)=O)cc3F)c2cc1OC. The fourth-order valence-electron chi connectivity index (χ4n) is 6.45. The second-order valence-electron chi connectivity index (χ2n) is 12.8. The first kappa shape index (κ1) is 39.6. The predicted molar refractivity (Wildman–Crippen MR) is 216 cm³/mol. The lowest BCUT2D eigenvalue weighted by molar-refractivity contribution is -0.144. The summed E-state index contributed by atoms with van der Waals surface area (Å²) in [7, 11) is 5.98. The van der Waals surface area contributed by atoms with E-state index in [-0.39, 0.29) is 47.3 Å². The number of methoxy groups -OCH3 is 4. The maximum Gasteiger partial charge on any atom is 0.330 e. The number of carbonyl (C=O) groups is 2. The zero-order valence-corrected chi connectivity index (χ0v) is 32.3. The summed E-state index contributed by atoms with van der Waals surface area (Å²) in [5.41, 5.74) is 7.49. The average Bonchev–Trinajstić information content (AvgIpc) is 3.25. The highest BCUT2D eigenvalue weighted by Crippen LogP contribution is 2.41. The van der Waals surface area contributed by atoms with Crippen LogP contribution in [0.5, 0.6) is 46.0 Å². The Morgan fingerprint density at radius 2 is 1.03 bits per heavy atom. The minimum absolute atomic E-state index is 0.0396. The molecule has 0 radical (unpaired) electrons. The van der Waals surface area contributed by atoms with E-state index in [0.29, 0.717) is 44.8 Å². The van der Waals surface area contributed by atoms with Crippen LogP contribution in [0.3, 0.4) is 0 Å². The van der Waals surface area contributed by atoms with Gasteiger partial charge in [-0.3, -0.25) is 24.6 Å². The molecule has 0 aliphatic rings. The van der Waals surface area contributed by atoms with Crippen LogP contribution in [0.25, 0.3) is 21.8 Å². The highest BCUT2D eigenvalue weighted by Gasteiger charge is 2.29. The van der Waals surface area contributed by atoms with Gasteiger partial charge in [-0.15, -0.1) is 0 Å². The third-order valence-corrected chi connectivity index (χ3v) is 9.32. The molecular weight excluding hydrogens is 765 g/mol. The van der Waals surface area contributed by atoms with Gasteiger partial charge in [0, 0.05) is 54.0 Å². The number of carbonyl (C=O) groups excluding carboxylic acids is 2. The highest BCUT2D eigenvalue weighted by atomic mass is 19.1. The molecule has 59 heavy (non-hydrogen) atoms. The molecule has 0 spiro atoms. The van der Waals surface area contributed by atoms with Crippen molar-refractivity contribution in [2.45, 2.75) is 6.42 Å². The first-order valence-corrected chi connectivity index (χ1v) is 18.0. The van der Waals surface area contributed by atoms with Crippen LogP contribution in [-0.4, -0.2) is 61.8 Å². The van der Waals surface area contributed by atoms with Gasteiger partial charge in [0.1, 0.15) is 11.5 Å². The van der Waals surface area contributed by atoms with Crippen LogP contribution in [0.15, 0.2) is 116 Å². The largest absolute Gasteiger partial charge is 0.493 e. The van der Waals surface area contributed by atoms with Crippen LogP contribution in [-0.2, 0) is 16.0 Å². The smallest absolute Gasteiger partial charge is 0.330 e. The Balaban J connectivity index is 1.28. The zero-order valence-electron chi connectivity index (χ0n) is 32.3. The van der Waals surface area contributed by atoms with Crippen molar-refractivity contribution in [3.63, 3.8) is 0 Å². The monoisotopic (exact) mass is 801 g/mol. The van der Waals surface area contributed by atoms with E-state index in [0.717, 1.165) is 22.7 Å². The van der Waals surface area contributed by atoms with E-state index < -0.39 is 23.4 Å². The molecule has 0 saturated heterocycles. The lowest BCUT2D eigenvalue weighted by Crippen LogP contribution is -2.50. The van der Waals surface area contributed by atoms with Gasteiger partial charge in [0.05, 0.1) is 50.8 Å². The molecule has 2 N–H and O–H groups in total. The standard InChI is InChI=1S/C44H37F2N5O8/c1-54-39-22-29-33(24-41(39)56-3)48-17-14-35(29)58-37-12-10-27(20-31(37)45)51(50(44(53)43(47)52)19-16-26-8-6-5-7-9-26)28-11-13-38(32(46)21-28)59-36-15-18-49-34-25-42(57-4)40(55-2)23-30(34)36/h5-15,17-18,20-25H,16,19H2,1-4H3,(H2,47,52). The van der Waals surface area contributed by atoms with Gasteiger partial charge >= 0.3 is 11.8 Å². The van der Waals surface area contributed by atoms with Crippen molar-refractivity contribution < 1.29 is 46.8 Å². The molecule has 7 rings (SSSR count). The molecule has 15 heteroatoms. The van der Waals surface area contributed by atoms with Crippen LogP contribution >= 0.6 is 0 Å². The van der Waals surface area contributed by atoms with Crippen molar-refractivity contribution in [1.29, 1.82) is 0 Å². The van der Waals surface area contributed by atoms with Crippen molar-refractivity contribution >= 4 is 45.0 Å². The number of benzene rings is 5. The molecule has 0 unspecified atom stereocenters. The number of primary amides is 1. The van der Waals surface area contributed by atoms with Crippen LogP contribution in [0.1, 0.15) is 5.56 Å². The number of halogens is 2. The predicted octanol–water partition coefficient (Wildman–Crippen LogP) is 8.29. The number of nitrogens with zero attached hydrogens (tertiary/aromatic N) is 4. The number of ether oxygens (including phenoxy) is 6. The summed E-state index contributed by atoms with van der Waals surface area (Å²) in [6, 6.07) is 26.8. The van der Waals surface area contributed by atoms with Gasteiger partial charge in [0.15, 0.2) is 46.1 Å². The molecule has 0 saturated carbocycles. The fourth-order valence-corrected chi connectivity index (χ4v) is 6.45. The number of hydrogen-bond acceptors (Lipinski definition) is 11. The summed E-state index contributed by atoms with van der Waals surface area (Å²) in [6.45, 7) is -0.103. The molecule has 0 bridgehead atoms. The van der Waals surface area contributed by atoms with E-state index in [4.69, 9.17) is 34.2 Å². The summed E-state index contributed by atoms with van der Waals surface area (Å²) in [4.78, 5) is 34.9. The van der Waals surface area contributed by atoms with E-state index in [1.165, 1.54) is 70.1 Å². The van der Waals surface area contributed by atoms with E-state index in [1.807, 2.05) is 30.3 Å². The fraction of sp³-hybridized carbons (Fsp3) is 0.136. The summed E-state index contributed by atoms with van der Waals surface area (Å²) in [5.74, 6) is -2.18. The number of anilines is 2. The lowest BCUT2D eigenvalue weighted by Gasteiger charge is -2.36. The molecule has 0 aliphatic carbocycles. The van der Waals surface area contributed by atoms with E-state index in [2.05, 4.69) is 9.97 Å². The quantitative estimate of drug-likeness (QED) is 0.0837. The Kier molecular flexibility index (Phi) is 11.5. The Morgan fingerprint density at radius 3 is 1.46 bits per heavy atom. The number of pyridine rings is 2. The number of amides is 2. The van der Waals surface area contributed by atoms with Crippen molar-refractivity contribution in [3.8, 4) is 46.0 Å². The number of nitrogens with two attached hydrogens (primary N) is 1. The van der Waals surface area contributed by atoms with E-state index >= 15 is 8.78 Å². The Labute approximate surface area is 337 Å². The van der Waals surface area contributed by atoms with Crippen LogP contribution < -0.4 is 39.2 Å². The lowest BCUT2D eigenvalue weighted by atomic mass is 10.1. The first-order valence-electron chi connectivity index (χ1n) is 18.0. The maximum absolute atomic E-state index is 16.2. The third-order valence-electron chi connectivity index (χ3n) is 9.32. The van der Waals surface area contributed by atoms with E-state index in [9.17, 15) is 9.59 Å².